The number of rotatable bonds is 5. The van der Waals surface area contributed by atoms with Crippen LogP contribution in [-0.2, 0) is 6.61 Å². The summed E-state index contributed by atoms with van der Waals surface area (Å²) < 4.78 is 41.6. The lowest BCUT2D eigenvalue weighted by atomic mass is 9.83. The number of hydrogen-bond acceptors (Lipinski definition) is 5. The highest BCUT2D eigenvalue weighted by Crippen LogP contribution is 2.47. The molecule has 1 saturated heterocycles. The van der Waals surface area contributed by atoms with Crippen LogP contribution < -0.4 is 15.8 Å². The normalized spacial score (nSPS) is 18.5. The van der Waals surface area contributed by atoms with Crippen LogP contribution in [0.1, 0.15) is 45.3 Å². The van der Waals surface area contributed by atoms with Crippen molar-refractivity contribution in [2.75, 3.05) is 13.1 Å². The summed E-state index contributed by atoms with van der Waals surface area (Å²) in [5, 5.41) is 3.04. The van der Waals surface area contributed by atoms with E-state index in [0.29, 0.717) is 29.0 Å². The fraction of sp³-hybridized carbons (Fsp3) is 0.364. The van der Waals surface area contributed by atoms with Gasteiger partial charge in [0.1, 0.15) is 23.7 Å². The van der Waals surface area contributed by atoms with Crippen LogP contribution in [0.15, 0.2) is 34.9 Å². The van der Waals surface area contributed by atoms with Crippen molar-refractivity contribution in [3.8, 4) is 5.75 Å². The van der Waals surface area contributed by atoms with Gasteiger partial charge in [-0.3, -0.25) is 9.78 Å². The van der Waals surface area contributed by atoms with Crippen LogP contribution >= 0.6 is 0 Å². The number of piperidine rings is 1. The van der Waals surface area contributed by atoms with E-state index < -0.39 is 24.3 Å². The third-order valence-electron chi connectivity index (χ3n) is 5.59. The molecule has 0 aliphatic carbocycles. The second kappa shape index (κ2) is 7.68. The minimum Gasteiger partial charge on any atom is -0.487 e. The van der Waals surface area contributed by atoms with Crippen molar-refractivity contribution in [1.29, 1.82) is 0 Å². The number of carbonyl (C=O) groups is 1. The lowest BCUT2D eigenvalue weighted by Crippen LogP contribution is -2.44. The first-order valence-electron chi connectivity index (χ1n) is 9.77. The molecule has 1 aliphatic heterocycles. The summed E-state index contributed by atoms with van der Waals surface area (Å²) >= 11 is 0. The molecule has 1 atom stereocenters. The average Bonchev–Trinajstić information content (AvgIpc) is 3.03. The maximum atomic E-state index is 15.0. The molecular weight excluding hydrogens is 392 g/mol. The van der Waals surface area contributed by atoms with Gasteiger partial charge in [0.2, 0.25) is 0 Å². The van der Waals surface area contributed by atoms with Gasteiger partial charge < -0.3 is 20.2 Å². The zero-order chi connectivity index (χ0) is 21.5. The largest absolute Gasteiger partial charge is 0.487 e. The first-order chi connectivity index (χ1) is 14.3. The van der Waals surface area contributed by atoms with Crippen LogP contribution in [0, 0.1) is 13.8 Å². The highest BCUT2D eigenvalue weighted by Gasteiger charge is 2.45. The molecule has 0 spiro atoms. The molecule has 1 unspecified atom stereocenters. The number of nitrogens with one attached hydrogen (secondary N) is 1. The van der Waals surface area contributed by atoms with Crippen LogP contribution in [-0.4, -0.2) is 29.9 Å². The summed E-state index contributed by atoms with van der Waals surface area (Å²) in [5.41, 5.74) is 7.94. The summed E-state index contributed by atoms with van der Waals surface area (Å²) in [5.74, 6) is -4.30. The number of ether oxygens (including phenoxy) is 1. The van der Waals surface area contributed by atoms with Crippen LogP contribution in [0.25, 0.3) is 11.0 Å². The molecule has 30 heavy (non-hydrogen) atoms. The van der Waals surface area contributed by atoms with Gasteiger partial charge >= 0.3 is 0 Å². The summed E-state index contributed by atoms with van der Waals surface area (Å²) in [6.07, 6.45) is 1.84. The molecule has 1 amide bonds. The van der Waals surface area contributed by atoms with Gasteiger partial charge in [-0.25, -0.2) is 8.78 Å². The van der Waals surface area contributed by atoms with Gasteiger partial charge in [-0.2, -0.15) is 0 Å². The summed E-state index contributed by atoms with van der Waals surface area (Å²) in [7, 11) is 0. The standard InChI is InChI=1S/C22H23F2N3O3/c1-12-4-3-8-27-15(12)10-29-16-5-6-17-20(18(21(25)28)13(2)30-17)19(16)14-7-9-26-11-22(14,23)24/h3-6,8,14,26H,7,9-11H2,1-2H3,(H2,25,28). The van der Waals surface area contributed by atoms with E-state index in [1.54, 1.807) is 25.3 Å². The van der Waals surface area contributed by atoms with Crippen LogP contribution in [0.5, 0.6) is 5.75 Å². The number of primary amides is 1. The van der Waals surface area contributed by atoms with E-state index in [4.69, 9.17) is 14.9 Å². The highest BCUT2D eigenvalue weighted by atomic mass is 19.3. The quantitative estimate of drug-likeness (QED) is 0.661. The van der Waals surface area contributed by atoms with Crippen LogP contribution in [0.4, 0.5) is 8.78 Å². The Morgan fingerprint density at radius 2 is 2.17 bits per heavy atom. The van der Waals surface area contributed by atoms with Gasteiger partial charge in [0.05, 0.1) is 23.7 Å². The molecule has 1 aliphatic rings. The number of aromatic nitrogens is 1. The average molecular weight is 415 g/mol. The molecule has 0 radical (unpaired) electrons. The second-order valence-electron chi connectivity index (χ2n) is 7.58. The number of pyridine rings is 1. The zero-order valence-corrected chi connectivity index (χ0v) is 16.8. The summed E-state index contributed by atoms with van der Waals surface area (Å²) in [6.45, 7) is 3.60. The molecular formula is C22H23F2N3O3. The van der Waals surface area contributed by atoms with Gasteiger partial charge in [0.15, 0.2) is 0 Å². The third kappa shape index (κ3) is 3.52. The van der Waals surface area contributed by atoms with E-state index in [-0.39, 0.29) is 29.9 Å². The van der Waals surface area contributed by atoms with Gasteiger partial charge in [-0.05, 0) is 50.6 Å². The number of benzene rings is 1. The number of alkyl halides is 2. The number of carbonyl (C=O) groups excluding carboxylic acids is 1. The van der Waals surface area contributed by atoms with Crippen molar-refractivity contribution in [3.05, 3.63) is 58.6 Å². The van der Waals surface area contributed by atoms with Crippen molar-refractivity contribution in [2.24, 2.45) is 5.73 Å². The first-order valence-corrected chi connectivity index (χ1v) is 9.77. The Hall–Kier alpha value is -3.00. The molecule has 0 saturated carbocycles. The van der Waals surface area contributed by atoms with Crippen LogP contribution in [0.2, 0.25) is 0 Å². The fourth-order valence-electron chi connectivity index (χ4n) is 4.09. The predicted octanol–water partition coefficient (Wildman–Crippen LogP) is 3.83. The van der Waals surface area contributed by atoms with Gasteiger partial charge in [0.25, 0.3) is 11.8 Å². The molecule has 4 rings (SSSR count). The van der Waals surface area contributed by atoms with Crippen LogP contribution in [0.3, 0.4) is 0 Å². The van der Waals surface area contributed by atoms with Crippen molar-refractivity contribution >= 4 is 16.9 Å². The second-order valence-corrected chi connectivity index (χ2v) is 7.58. The molecule has 3 N–H and O–H groups in total. The highest BCUT2D eigenvalue weighted by molar-refractivity contribution is 6.08. The number of nitrogens with zero attached hydrogens (tertiary/aromatic N) is 1. The monoisotopic (exact) mass is 415 g/mol. The maximum Gasteiger partial charge on any atom is 0.267 e. The lowest BCUT2D eigenvalue weighted by molar-refractivity contribution is -0.0423. The lowest BCUT2D eigenvalue weighted by Gasteiger charge is -2.33. The first kappa shape index (κ1) is 20.3. The Morgan fingerprint density at radius 1 is 1.37 bits per heavy atom. The molecule has 6 nitrogen and oxygen atoms in total. The molecule has 3 aromatic rings. The van der Waals surface area contributed by atoms with Crippen molar-refractivity contribution in [1.82, 2.24) is 10.3 Å². The topological polar surface area (TPSA) is 90.4 Å². The maximum absolute atomic E-state index is 15.0. The minimum atomic E-state index is -3.02. The Bertz CT molecular complexity index is 1110. The molecule has 8 heteroatoms. The van der Waals surface area contributed by atoms with E-state index in [0.717, 1.165) is 5.56 Å². The van der Waals surface area contributed by atoms with Gasteiger partial charge in [-0.15, -0.1) is 0 Å². The molecule has 2 aromatic heterocycles. The minimum absolute atomic E-state index is 0.116. The van der Waals surface area contributed by atoms with Crippen molar-refractivity contribution in [3.63, 3.8) is 0 Å². The molecule has 3 heterocycles. The van der Waals surface area contributed by atoms with E-state index in [1.165, 1.54) is 0 Å². The number of hydrogen-bond donors (Lipinski definition) is 2. The third-order valence-corrected chi connectivity index (χ3v) is 5.59. The zero-order valence-electron chi connectivity index (χ0n) is 16.8. The van der Waals surface area contributed by atoms with Gasteiger partial charge in [0, 0.05) is 17.1 Å². The Kier molecular flexibility index (Phi) is 5.19. The van der Waals surface area contributed by atoms with E-state index in [1.807, 2.05) is 19.1 Å². The number of amides is 1. The Labute approximate surface area is 172 Å². The number of furan rings is 1. The Morgan fingerprint density at radius 3 is 2.87 bits per heavy atom. The predicted molar refractivity (Wildman–Crippen MR) is 108 cm³/mol. The summed E-state index contributed by atoms with van der Waals surface area (Å²) in [6, 6.07) is 6.96. The Balaban J connectivity index is 1.88. The molecule has 0 bridgehead atoms. The number of halogens is 2. The molecule has 158 valence electrons. The summed E-state index contributed by atoms with van der Waals surface area (Å²) in [4.78, 5) is 16.4. The number of nitrogens with two attached hydrogens (primary N) is 1. The van der Waals surface area contributed by atoms with E-state index in [2.05, 4.69) is 10.3 Å². The fourth-order valence-corrected chi connectivity index (χ4v) is 4.09. The smallest absolute Gasteiger partial charge is 0.267 e. The van der Waals surface area contributed by atoms with Crippen molar-refractivity contribution in [2.45, 2.75) is 38.7 Å². The van der Waals surface area contributed by atoms with E-state index in [9.17, 15) is 13.6 Å². The number of aryl methyl sites for hydroxylation is 2. The van der Waals surface area contributed by atoms with Crippen molar-refractivity contribution < 1.29 is 22.7 Å². The molecule has 1 fully saturated rings. The van der Waals surface area contributed by atoms with E-state index >= 15 is 0 Å². The van der Waals surface area contributed by atoms with Gasteiger partial charge in [-0.1, -0.05) is 6.07 Å². The SMILES string of the molecule is Cc1cccnc1COc1ccc2oc(C)c(C(N)=O)c2c1C1CCNCC1(F)F. The molecule has 1 aromatic carbocycles. The number of fused-ring (bicyclic) bond motifs is 1.